The molecule has 0 heterocycles. The van der Waals surface area contributed by atoms with Crippen molar-refractivity contribution in [3.05, 3.63) is 35.9 Å². The highest BCUT2D eigenvalue weighted by Crippen LogP contribution is 2.57. The number of rotatable bonds is 8. The van der Waals surface area contributed by atoms with Crippen LogP contribution in [0, 0.1) is 5.41 Å². The van der Waals surface area contributed by atoms with Crippen LogP contribution < -0.4 is 10.6 Å². The van der Waals surface area contributed by atoms with Gasteiger partial charge in [0.25, 0.3) is 0 Å². The molecule has 6 heteroatoms. The van der Waals surface area contributed by atoms with Crippen molar-refractivity contribution in [2.45, 2.75) is 50.5 Å². The van der Waals surface area contributed by atoms with Gasteiger partial charge in [-0.25, -0.2) is 0 Å². The molecule has 144 valence electrons. The standard InChI is InChI=1S/C20H31N3O2S/c1-3-25-18-14-17(20(18)10-7-11-20)23-19(21-2)22-12-13-26(24)15-16-8-5-4-6-9-16/h4-6,8-9,17-18H,3,7,10-15H2,1-2H3,(H2,21,22,23). The van der Waals surface area contributed by atoms with E-state index in [-0.39, 0.29) is 0 Å². The van der Waals surface area contributed by atoms with Crippen LogP contribution in [0.3, 0.4) is 0 Å². The number of aliphatic imine (C=N–C) groups is 1. The van der Waals surface area contributed by atoms with Gasteiger partial charge in [0.2, 0.25) is 0 Å². The summed E-state index contributed by atoms with van der Waals surface area (Å²) in [5.41, 5.74) is 1.43. The van der Waals surface area contributed by atoms with Crippen LogP contribution in [0.1, 0.15) is 38.2 Å². The predicted molar refractivity (Wildman–Crippen MR) is 108 cm³/mol. The fourth-order valence-corrected chi connectivity index (χ4v) is 5.15. The van der Waals surface area contributed by atoms with Gasteiger partial charge in [0.1, 0.15) is 0 Å². The Morgan fingerprint density at radius 2 is 2.12 bits per heavy atom. The van der Waals surface area contributed by atoms with Gasteiger partial charge in [-0.15, -0.1) is 0 Å². The van der Waals surface area contributed by atoms with E-state index in [4.69, 9.17) is 4.74 Å². The molecule has 2 fully saturated rings. The van der Waals surface area contributed by atoms with Crippen LogP contribution in [0.4, 0.5) is 0 Å². The van der Waals surface area contributed by atoms with E-state index in [1.54, 1.807) is 7.05 Å². The lowest BCUT2D eigenvalue weighted by molar-refractivity contribution is -0.168. The smallest absolute Gasteiger partial charge is 0.191 e. The first-order valence-electron chi connectivity index (χ1n) is 9.65. The molecule has 1 spiro atoms. The van der Waals surface area contributed by atoms with Crippen molar-refractivity contribution in [1.29, 1.82) is 0 Å². The summed E-state index contributed by atoms with van der Waals surface area (Å²) >= 11 is 0. The maximum Gasteiger partial charge on any atom is 0.191 e. The van der Waals surface area contributed by atoms with Gasteiger partial charge >= 0.3 is 0 Å². The molecule has 0 aromatic heterocycles. The van der Waals surface area contributed by atoms with Crippen molar-refractivity contribution in [3.63, 3.8) is 0 Å². The summed E-state index contributed by atoms with van der Waals surface area (Å²) < 4.78 is 18.1. The van der Waals surface area contributed by atoms with E-state index < -0.39 is 10.8 Å². The van der Waals surface area contributed by atoms with Gasteiger partial charge in [-0.2, -0.15) is 0 Å². The molecule has 2 aliphatic carbocycles. The highest BCUT2D eigenvalue weighted by atomic mass is 32.2. The van der Waals surface area contributed by atoms with Gasteiger partial charge in [0.05, 0.1) is 6.10 Å². The van der Waals surface area contributed by atoms with E-state index in [2.05, 4.69) is 22.5 Å². The second-order valence-electron chi connectivity index (χ2n) is 7.24. The zero-order valence-corrected chi connectivity index (χ0v) is 16.7. The Hall–Kier alpha value is -1.40. The number of benzene rings is 1. The number of nitrogens with zero attached hydrogens (tertiary/aromatic N) is 1. The summed E-state index contributed by atoms with van der Waals surface area (Å²) in [6, 6.07) is 10.4. The van der Waals surface area contributed by atoms with Crippen molar-refractivity contribution in [2.24, 2.45) is 10.4 Å². The summed E-state index contributed by atoms with van der Waals surface area (Å²) in [5, 5.41) is 6.89. The summed E-state index contributed by atoms with van der Waals surface area (Å²) in [4.78, 5) is 4.34. The quantitative estimate of drug-likeness (QED) is 0.540. The van der Waals surface area contributed by atoms with Crippen LogP contribution in [-0.2, 0) is 21.3 Å². The largest absolute Gasteiger partial charge is 0.378 e. The van der Waals surface area contributed by atoms with E-state index >= 15 is 0 Å². The number of hydrogen-bond donors (Lipinski definition) is 2. The first-order valence-corrected chi connectivity index (χ1v) is 11.1. The molecule has 2 aliphatic rings. The van der Waals surface area contributed by atoms with E-state index in [0.29, 0.717) is 35.6 Å². The summed E-state index contributed by atoms with van der Waals surface area (Å²) in [5.74, 6) is 2.04. The molecule has 26 heavy (non-hydrogen) atoms. The molecule has 0 saturated heterocycles. The molecule has 3 unspecified atom stereocenters. The molecule has 3 rings (SSSR count). The number of ether oxygens (including phenoxy) is 1. The molecule has 0 bridgehead atoms. The van der Waals surface area contributed by atoms with Crippen molar-refractivity contribution in [2.75, 3.05) is 26.0 Å². The Kier molecular flexibility index (Phi) is 6.70. The molecule has 5 nitrogen and oxygen atoms in total. The number of guanidine groups is 1. The zero-order valence-electron chi connectivity index (χ0n) is 15.9. The first-order chi connectivity index (χ1) is 12.7. The SMILES string of the molecule is CCOC1CC(NC(=NC)NCCS(=O)Cc2ccccc2)C12CCC2. The highest BCUT2D eigenvalue weighted by Gasteiger charge is 2.59. The lowest BCUT2D eigenvalue weighted by Crippen LogP contribution is -2.68. The fourth-order valence-electron chi connectivity index (χ4n) is 4.12. The van der Waals surface area contributed by atoms with E-state index in [1.807, 2.05) is 30.3 Å². The molecule has 0 aliphatic heterocycles. The normalized spacial score (nSPS) is 25.2. The molecule has 1 aromatic rings. The number of nitrogens with one attached hydrogen (secondary N) is 2. The molecule has 2 saturated carbocycles. The van der Waals surface area contributed by atoms with Gasteiger partial charge in [-0.05, 0) is 31.7 Å². The van der Waals surface area contributed by atoms with Gasteiger partial charge in [0, 0.05) is 54.0 Å². The van der Waals surface area contributed by atoms with Crippen LogP contribution in [-0.4, -0.2) is 48.3 Å². The topological polar surface area (TPSA) is 62.7 Å². The van der Waals surface area contributed by atoms with Gasteiger partial charge in [-0.1, -0.05) is 36.8 Å². The minimum atomic E-state index is -0.869. The van der Waals surface area contributed by atoms with Crippen molar-refractivity contribution >= 4 is 16.8 Å². The summed E-state index contributed by atoms with van der Waals surface area (Å²) in [6.07, 6.45) is 5.23. The third-order valence-electron chi connectivity index (χ3n) is 5.76. The lowest BCUT2D eigenvalue weighted by Gasteiger charge is -2.61. The Morgan fingerprint density at radius 3 is 2.73 bits per heavy atom. The maximum absolute atomic E-state index is 12.2. The number of hydrogen-bond acceptors (Lipinski definition) is 3. The van der Waals surface area contributed by atoms with E-state index in [9.17, 15) is 4.21 Å². The first kappa shape index (κ1) is 19.4. The van der Waals surface area contributed by atoms with E-state index in [1.165, 1.54) is 19.3 Å². The van der Waals surface area contributed by atoms with Crippen LogP contribution in [0.15, 0.2) is 35.3 Å². The van der Waals surface area contributed by atoms with Gasteiger partial charge < -0.3 is 15.4 Å². The van der Waals surface area contributed by atoms with Gasteiger partial charge in [0.15, 0.2) is 5.96 Å². The zero-order chi connectivity index (χ0) is 18.4. The summed E-state index contributed by atoms with van der Waals surface area (Å²) in [7, 11) is 0.925. The van der Waals surface area contributed by atoms with Gasteiger partial charge in [-0.3, -0.25) is 9.20 Å². The molecule has 3 atom stereocenters. The third-order valence-corrected chi connectivity index (χ3v) is 7.08. The minimum absolute atomic E-state index is 0.309. The Labute approximate surface area is 159 Å². The van der Waals surface area contributed by atoms with Crippen LogP contribution in [0.5, 0.6) is 0 Å². The maximum atomic E-state index is 12.2. The third kappa shape index (κ3) is 4.29. The van der Waals surface area contributed by atoms with Crippen molar-refractivity contribution < 1.29 is 8.95 Å². The average molecular weight is 378 g/mol. The second-order valence-corrected chi connectivity index (χ2v) is 8.81. The second kappa shape index (κ2) is 9.00. The monoisotopic (exact) mass is 377 g/mol. The molecular weight excluding hydrogens is 346 g/mol. The average Bonchev–Trinajstić information content (AvgIpc) is 2.58. The predicted octanol–water partition coefficient (Wildman–Crippen LogP) is 2.45. The van der Waals surface area contributed by atoms with E-state index in [0.717, 1.165) is 24.6 Å². The van der Waals surface area contributed by atoms with Crippen LogP contribution in [0.25, 0.3) is 0 Å². The minimum Gasteiger partial charge on any atom is -0.378 e. The van der Waals surface area contributed by atoms with Crippen molar-refractivity contribution in [3.8, 4) is 0 Å². The lowest BCUT2D eigenvalue weighted by atomic mass is 9.51. The molecular formula is C20H31N3O2S. The Bertz CT molecular complexity index is 631. The molecule has 0 amide bonds. The fraction of sp³-hybridized carbons (Fsp3) is 0.650. The molecule has 2 N–H and O–H groups in total. The Balaban J connectivity index is 1.41. The van der Waals surface area contributed by atoms with Crippen LogP contribution >= 0.6 is 0 Å². The Morgan fingerprint density at radius 1 is 1.35 bits per heavy atom. The molecule has 1 aromatic carbocycles. The summed E-state index contributed by atoms with van der Waals surface area (Å²) in [6.45, 7) is 3.52. The molecule has 0 radical (unpaired) electrons. The highest BCUT2D eigenvalue weighted by molar-refractivity contribution is 7.84. The van der Waals surface area contributed by atoms with Crippen molar-refractivity contribution in [1.82, 2.24) is 10.6 Å². The van der Waals surface area contributed by atoms with Crippen LogP contribution in [0.2, 0.25) is 0 Å².